The van der Waals surface area contributed by atoms with Crippen molar-refractivity contribution in [2.75, 3.05) is 5.73 Å². The van der Waals surface area contributed by atoms with Crippen LogP contribution in [-0.4, -0.2) is 4.98 Å². The number of rotatable bonds is 2. The van der Waals surface area contributed by atoms with E-state index in [1.807, 2.05) is 36.4 Å². The fourth-order valence-electron chi connectivity index (χ4n) is 1.68. The fourth-order valence-corrected chi connectivity index (χ4v) is 1.81. The number of hydrogen-bond donors (Lipinski definition) is 1. The summed E-state index contributed by atoms with van der Waals surface area (Å²) in [6.45, 7) is 2.07. The Kier molecular flexibility index (Phi) is 3.11. The Morgan fingerprint density at radius 3 is 2.44 bits per heavy atom. The van der Waals surface area contributed by atoms with Crippen molar-refractivity contribution >= 4 is 17.4 Å². The highest BCUT2D eigenvalue weighted by Gasteiger charge is 2.05. The molecular formula is C13H13ClN2. The van der Waals surface area contributed by atoms with Crippen LogP contribution < -0.4 is 5.73 Å². The molecule has 2 nitrogen and oxygen atoms in total. The zero-order valence-electron chi connectivity index (χ0n) is 9.07. The highest BCUT2D eigenvalue weighted by atomic mass is 35.5. The van der Waals surface area contributed by atoms with Crippen LogP contribution in [0.5, 0.6) is 0 Å². The Labute approximate surface area is 100 Å². The van der Waals surface area contributed by atoms with E-state index in [9.17, 15) is 0 Å². The second-order valence-electron chi connectivity index (χ2n) is 3.59. The molecule has 0 unspecified atom stereocenters. The molecule has 1 heterocycles. The minimum absolute atomic E-state index is 0.564. The molecule has 1 aromatic heterocycles. The molecular weight excluding hydrogens is 220 g/mol. The predicted octanol–water partition coefficient (Wildman–Crippen LogP) is 3.55. The molecule has 0 aliphatic carbocycles. The summed E-state index contributed by atoms with van der Waals surface area (Å²) in [4.78, 5) is 4.34. The van der Waals surface area contributed by atoms with Gasteiger partial charge in [-0.05, 0) is 36.2 Å². The Morgan fingerprint density at radius 1 is 1.12 bits per heavy atom. The van der Waals surface area contributed by atoms with E-state index in [0.717, 1.165) is 28.3 Å². The molecule has 0 atom stereocenters. The monoisotopic (exact) mass is 232 g/mol. The van der Waals surface area contributed by atoms with Crippen molar-refractivity contribution in [1.29, 1.82) is 0 Å². The maximum atomic E-state index is 5.86. The molecule has 16 heavy (non-hydrogen) atoms. The van der Waals surface area contributed by atoms with Crippen molar-refractivity contribution in [1.82, 2.24) is 4.98 Å². The van der Waals surface area contributed by atoms with E-state index in [0.29, 0.717) is 5.82 Å². The van der Waals surface area contributed by atoms with Gasteiger partial charge in [0.1, 0.15) is 5.82 Å². The Morgan fingerprint density at radius 2 is 1.81 bits per heavy atom. The topological polar surface area (TPSA) is 38.9 Å². The SMILES string of the molecule is CCc1nc(N)ccc1-c1ccc(Cl)cc1. The predicted molar refractivity (Wildman–Crippen MR) is 68.5 cm³/mol. The summed E-state index contributed by atoms with van der Waals surface area (Å²) in [5.41, 5.74) is 8.93. The van der Waals surface area contributed by atoms with Gasteiger partial charge in [0.25, 0.3) is 0 Å². The van der Waals surface area contributed by atoms with Crippen molar-refractivity contribution in [3.63, 3.8) is 0 Å². The third-order valence-electron chi connectivity index (χ3n) is 2.49. The fraction of sp³-hybridized carbons (Fsp3) is 0.154. The van der Waals surface area contributed by atoms with E-state index in [-0.39, 0.29) is 0 Å². The van der Waals surface area contributed by atoms with Gasteiger partial charge in [-0.1, -0.05) is 30.7 Å². The third-order valence-corrected chi connectivity index (χ3v) is 2.74. The molecule has 0 aliphatic heterocycles. The Hall–Kier alpha value is -1.54. The summed E-state index contributed by atoms with van der Waals surface area (Å²) in [5, 5.41) is 0.741. The van der Waals surface area contributed by atoms with Crippen LogP contribution in [0, 0.1) is 0 Å². The lowest BCUT2D eigenvalue weighted by molar-refractivity contribution is 1.04. The number of pyridine rings is 1. The molecule has 0 saturated carbocycles. The summed E-state index contributed by atoms with van der Waals surface area (Å²) >= 11 is 5.86. The zero-order valence-corrected chi connectivity index (χ0v) is 9.83. The van der Waals surface area contributed by atoms with E-state index in [2.05, 4.69) is 11.9 Å². The number of aryl methyl sites for hydroxylation is 1. The molecule has 2 rings (SSSR count). The van der Waals surface area contributed by atoms with Crippen LogP contribution in [0.2, 0.25) is 5.02 Å². The highest BCUT2D eigenvalue weighted by Crippen LogP contribution is 2.25. The largest absolute Gasteiger partial charge is 0.384 e. The summed E-state index contributed by atoms with van der Waals surface area (Å²) in [7, 11) is 0. The van der Waals surface area contributed by atoms with Gasteiger partial charge in [-0.15, -0.1) is 0 Å². The van der Waals surface area contributed by atoms with E-state index in [4.69, 9.17) is 17.3 Å². The lowest BCUT2D eigenvalue weighted by Gasteiger charge is -2.08. The molecule has 3 heteroatoms. The van der Waals surface area contributed by atoms with Crippen molar-refractivity contribution in [2.45, 2.75) is 13.3 Å². The van der Waals surface area contributed by atoms with Gasteiger partial charge >= 0.3 is 0 Å². The first-order valence-corrected chi connectivity index (χ1v) is 5.60. The van der Waals surface area contributed by atoms with Crippen molar-refractivity contribution < 1.29 is 0 Å². The Bertz CT molecular complexity index is 492. The van der Waals surface area contributed by atoms with Crippen molar-refractivity contribution in [3.05, 3.63) is 47.1 Å². The van der Waals surface area contributed by atoms with E-state index in [1.165, 1.54) is 0 Å². The number of anilines is 1. The van der Waals surface area contributed by atoms with Gasteiger partial charge in [0.05, 0.1) is 5.69 Å². The van der Waals surface area contributed by atoms with Crippen LogP contribution in [0.15, 0.2) is 36.4 Å². The molecule has 0 aliphatic rings. The standard InChI is InChI=1S/C13H13ClN2/c1-2-12-11(7-8-13(15)16-12)9-3-5-10(14)6-4-9/h3-8H,2H2,1H3,(H2,15,16). The lowest BCUT2D eigenvalue weighted by atomic mass is 10.0. The molecule has 2 aromatic rings. The molecule has 0 amide bonds. The first kappa shape index (κ1) is 11.0. The molecule has 0 spiro atoms. The molecule has 0 radical (unpaired) electrons. The molecule has 2 N–H and O–H groups in total. The molecule has 0 saturated heterocycles. The van der Waals surface area contributed by atoms with Crippen LogP contribution in [0.1, 0.15) is 12.6 Å². The van der Waals surface area contributed by atoms with E-state index >= 15 is 0 Å². The summed E-state index contributed by atoms with van der Waals surface area (Å²) < 4.78 is 0. The first-order chi connectivity index (χ1) is 7.70. The van der Waals surface area contributed by atoms with Crippen molar-refractivity contribution in [2.24, 2.45) is 0 Å². The van der Waals surface area contributed by atoms with Gasteiger partial charge in [0, 0.05) is 10.6 Å². The van der Waals surface area contributed by atoms with Crippen molar-refractivity contribution in [3.8, 4) is 11.1 Å². The number of aromatic nitrogens is 1. The smallest absolute Gasteiger partial charge is 0.123 e. The third kappa shape index (κ3) is 2.17. The van der Waals surface area contributed by atoms with Crippen LogP contribution in [0.25, 0.3) is 11.1 Å². The minimum Gasteiger partial charge on any atom is -0.384 e. The van der Waals surface area contributed by atoms with Crippen LogP contribution >= 0.6 is 11.6 Å². The number of nitrogen functional groups attached to an aromatic ring is 1. The molecule has 1 aromatic carbocycles. The summed E-state index contributed by atoms with van der Waals surface area (Å²) in [6.07, 6.45) is 0.864. The summed E-state index contributed by atoms with van der Waals surface area (Å²) in [5.74, 6) is 0.564. The Balaban J connectivity index is 2.51. The highest BCUT2D eigenvalue weighted by molar-refractivity contribution is 6.30. The second-order valence-corrected chi connectivity index (χ2v) is 4.03. The summed E-state index contributed by atoms with van der Waals surface area (Å²) in [6, 6.07) is 11.6. The van der Waals surface area contributed by atoms with Crippen LogP contribution in [0.4, 0.5) is 5.82 Å². The van der Waals surface area contributed by atoms with Gasteiger partial charge in [0.15, 0.2) is 0 Å². The zero-order chi connectivity index (χ0) is 11.5. The maximum Gasteiger partial charge on any atom is 0.123 e. The van der Waals surface area contributed by atoms with Gasteiger partial charge in [-0.3, -0.25) is 0 Å². The molecule has 0 bridgehead atoms. The average Bonchev–Trinajstić information content (AvgIpc) is 2.30. The normalized spacial score (nSPS) is 10.4. The maximum absolute atomic E-state index is 5.86. The van der Waals surface area contributed by atoms with Gasteiger partial charge in [-0.25, -0.2) is 4.98 Å². The minimum atomic E-state index is 0.564. The number of benzene rings is 1. The number of halogens is 1. The number of hydrogen-bond acceptors (Lipinski definition) is 2. The van der Waals surface area contributed by atoms with Gasteiger partial charge in [-0.2, -0.15) is 0 Å². The van der Waals surface area contributed by atoms with Crippen LogP contribution in [-0.2, 0) is 6.42 Å². The van der Waals surface area contributed by atoms with E-state index < -0.39 is 0 Å². The quantitative estimate of drug-likeness (QED) is 0.860. The number of nitrogens with two attached hydrogens (primary N) is 1. The van der Waals surface area contributed by atoms with Gasteiger partial charge < -0.3 is 5.73 Å². The molecule has 82 valence electrons. The average molecular weight is 233 g/mol. The molecule has 0 fully saturated rings. The van der Waals surface area contributed by atoms with E-state index in [1.54, 1.807) is 0 Å². The first-order valence-electron chi connectivity index (χ1n) is 5.22. The lowest BCUT2D eigenvalue weighted by Crippen LogP contribution is -1.97. The number of nitrogens with zero attached hydrogens (tertiary/aromatic N) is 1. The second kappa shape index (κ2) is 4.54. The van der Waals surface area contributed by atoms with Crippen LogP contribution in [0.3, 0.4) is 0 Å². The van der Waals surface area contributed by atoms with Gasteiger partial charge in [0.2, 0.25) is 0 Å².